The van der Waals surface area contributed by atoms with Crippen molar-refractivity contribution in [1.82, 2.24) is 14.9 Å². The van der Waals surface area contributed by atoms with Gasteiger partial charge in [-0.25, -0.2) is 4.39 Å². The maximum absolute atomic E-state index is 13.2. The molecule has 0 saturated heterocycles. The predicted molar refractivity (Wildman–Crippen MR) is 95.5 cm³/mol. The summed E-state index contributed by atoms with van der Waals surface area (Å²) in [7, 11) is 0. The number of carbonyl (C=O) groups excluding carboxylic acids is 1. The summed E-state index contributed by atoms with van der Waals surface area (Å²) in [5.74, 6) is 0.156. The lowest BCUT2D eigenvalue weighted by Gasteiger charge is -2.14. The maximum atomic E-state index is 13.2. The van der Waals surface area contributed by atoms with E-state index < -0.39 is 11.4 Å². The van der Waals surface area contributed by atoms with Crippen LogP contribution < -0.4 is 16.6 Å². The standard InChI is InChI=1S/C17H15FN4O3S/c18-11-3-5-12(6-4-11)22-14(19)8-15(23)21-17(22)26-10-16(24)20-9-13-2-1-7-25-13/h1-8H,9-10,19H2,(H,20,24). The van der Waals surface area contributed by atoms with Gasteiger partial charge in [-0.1, -0.05) is 11.8 Å². The van der Waals surface area contributed by atoms with E-state index >= 15 is 0 Å². The fourth-order valence-electron chi connectivity index (χ4n) is 2.20. The molecule has 0 unspecified atom stereocenters. The molecule has 0 aliphatic heterocycles. The van der Waals surface area contributed by atoms with Gasteiger partial charge in [0.25, 0.3) is 5.56 Å². The number of amides is 1. The molecule has 9 heteroatoms. The van der Waals surface area contributed by atoms with Crippen molar-refractivity contribution in [2.24, 2.45) is 0 Å². The van der Waals surface area contributed by atoms with Gasteiger partial charge in [0, 0.05) is 11.8 Å². The molecule has 3 rings (SSSR count). The Kier molecular flexibility index (Phi) is 5.37. The molecule has 0 atom stereocenters. The van der Waals surface area contributed by atoms with Crippen molar-refractivity contribution in [2.45, 2.75) is 11.7 Å². The molecule has 0 fully saturated rings. The van der Waals surface area contributed by atoms with Crippen molar-refractivity contribution in [1.29, 1.82) is 0 Å². The summed E-state index contributed by atoms with van der Waals surface area (Å²) in [5, 5.41) is 2.95. The van der Waals surface area contributed by atoms with Gasteiger partial charge >= 0.3 is 0 Å². The Hall–Kier alpha value is -3.07. The predicted octanol–water partition coefficient (Wildman–Crippen LogP) is 1.96. The van der Waals surface area contributed by atoms with E-state index in [-0.39, 0.29) is 29.2 Å². The number of nitrogens with one attached hydrogen (secondary N) is 1. The van der Waals surface area contributed by atoms with Crippen molar-refractivity contribution in [2.75, 3.05) is 11.5 Å². The second-order valence-corrected chi connectivity index (χ2v) is 6.20. The van der Waals surface area contributed by atoms with Crippen molar-refractivity contribution in [3.05, 3.63) is 70.7 Å². The SMILES string of the molecule is Nc1cc(=O)nc(SCC(=O)NCc2ccco2)n1-c1ccc(F)cc1. The molecule has 7 nitrogen and oxygen atoms in total. The highest BCUT2D eigenvalue weighted by molar-refractivity contribution is 7.99. The smallest absolute Gasteiger partial charge is 0.275 e. The summed E-state index contributed by atoms with van der Waals surface area (Å²) in [6, 6.07) is 10.2. The van der Waals surface area contributed by atoms with Gasteiger partial charge in [0.1, 0.15) is 17.4 Å². The minimum atomic E-state index is -0.514. The van der Waals surface area contributed by atoms with E-state index in [1.54, 1.807) is 12.1 Å². The van der Waals surface area contributed by atoms with Crippen molar-refractivity contribution < 1.29 is 13.6 Å². The van der Waals surface area contributed by atoms with E-state index in [9.17, 15) is 14.0 Å². The van der Waals surface area contributed by atoms with E-state index in [1.807, 2.05) is 0 Å². The largest absolute Gasteiger partial charge is 0.467 e. The minimum absolute atomic E-state index is 0.0256. The Bertz CT molecular complexity index is 955. The number of nitrogens with two attached hydrogens (primary N) is 1. The zero-order valence-electron chi connectivity index (χ0n) is 13.5. The number of nitrogens with zero attached hydrogens (tertiary/aromatic N) is 2. The Morgan fingerprint density at radius 2 is 2.08 bits per heavy atom. The van der Waals surface area contributed by atoms with Crippen LogP contribution in [0.4, 0.5) is 10.2 Å². The van der Waals surface area contributed by atoms with Crippen LogP contribution in [0, 0.1) is 5.82 Å². The lowest BCUT2D eigenvalue weighted by atomic mass is 10.3. The van der Waals surface area contributed by atoms with E-state index in [2.05, 4.69) is 10.3 Å². The Labute approximate surface area is 152 Å². The third-order valence-corrected chi connectivity index (χ3v) is 4.32. The first-order valence-electron chi connectivity index (χ1n) is 7.60. The summed E-state index contributed by atoms with van der Waals surface area (Å²) in [6.45, 7) is 0.265. The normalized spacial score (nSPS) is 10.7. The molecule has 0 bridgehead atoms. The number of nitrogen functional groups attached to an aromatic ring is 1. The summed E-state index contributed by atoms with van der Waals surface area (Å²) in [5.41, 5.74) is 5.95. The molecule has 3 aromatic rings. The van der Waals surface area contributed by atoms with Crippen molar-refractivity contribution in [3.63, 3.8) is 0 Å². The number of halogens is 1. The summed E-state index contributed by atoms with van der Waals surface area (Å²) in [4.78, 5) is 27.6. The van der Waals surface area contributed by atoms with Crippen LogP contribution in [0.15, 0.2) is 63.1 Å². The first kappa shape index (κ1) is 17.7. The minimum Gasteiger partial charge on any atom is -0.467 e. The zero-order valence-corrected chi connectivity index (χ0v) is 14.3. The number of furan rings is 1. The molecule has 0 saturated carbocycles. The second kappa shape index (κ2) is 7.87. The van der Waals surface area contributed by atoms with Gasteiger partial charge in [0.05, 0.1) is 18.6 Å². The lowest BCUT2D eigenvalue weighted by molar-refractivity contribution is -0.118. The van der Waals surface area contributed by atoms with Crippen LogP contribution in [-0.4, -0.2) is 21.2 Å². The molecule has 0 aliphatic carbocycles. The number of aromatic nitrogens is 2. The maximum Gasteiger partial charge on any atom is 0.275 e. The molecule has 1 amide bonds. The van der Waals surface area contributed by atoms with Crippen molar-refractivity contribution >= 4 is 23.5 Å². The zero-order chi connectivity index (χ0) is 18.5. The van der Waals surface area contributed by atoms with Gasteiger partial charge in [-0.05, 0) is 36.4 Å². The second-order valence-electron chi connectivity index (χ2n) is 5.26. The molecular formula is C17H15FN4O3S. The number of benzene rings is 1. The van der Waals surface area contributed by atoms with Gasteiger partial charge < -0.3 is 15.5 Å². The van der Waals surface area contributed by atoms with E-state index in [0.717, 1.165) is 11.8 Å². The lowest BCUT2D eigenvalue weighted by Crippen LogP contribution is -2.25. The number of hydrogen-bond donors (Lipinski definition) is 2. The number of rotatable bonds is 6. The van der Waals surface area contributed by atoms with Crippen LogP contribution in [0.2, 0.25) is 0 Å². The summed E-state index contributed by atoms with van der Waals surface area (Å²) < 4.78 is 19.8. The third-order valence-electron chi connectivity index (χ3n) is 3.38. The number of anilines is 1. The molecule has 0 aliphatic rings. The van der Waals surface area contributed by atoms with Crippen LogP contribution in [0.3, 0.4) is 0 Å². The van der Waals surface area contributed by atoms with Gasteiger partial charge in [0.2, 0.25) is 5.91 Å². The first-order chi connectivity index (χ1) is 12.5. The molecule has 2 aromatic heterocycles. The average molecular weight is 374 g/mol. The molecular weight excluding hydrogens is 359 g/mol. The monoisotopic (exact) mass is 374 g/mol. The first-order valence-corrected chi connectivity index (χ1v) is 8.59. The van der Waals surface area contributed by atoms with Gasteiger partial charge in [-0.2, -0.15) is 4.98 Å². The fourth-order valence-corrected chi connectivity index (χ4v) is 3.06. The van der Waals surface area contributed by atoms with Crippen LogP contribution in [0.25, 0.3) is 5.69 Å². The number of hydrogen-bond acceptors (Lipinski definition) is 6. The summed E-state index contributed by atoms with van der Waals surface area (Å²) in [6.07, 6.45) is 1.52. The Balaban J connectivity index is 1.75. The molecule has 0 radical (unpaired) electrons. The average Bonchev–Trinajstić information content (AvgIpc) is 3.12. The molecule has 1 aromatic carbocycles. The summed E-state index contributed by atoms with van der Waals surface area (Å²) >= 11 is 1.06. The number of thioether (sulfide) groups is 1. The highest BCUT2D eigenvalue weighted by Crippen LogP contribution is 2.22. The topological polar surface area (TPSA) is 103 Å². The van der Waals surface area contributed by atoms with Gasteiger partial charge in [-0.15, -0.1) is 0 Å². The van der Waals surface area contributed by atoms with Crippen LogP contribution >= 0.6 is 11.8 Å². The molecule has 134 valence electrons. The van der Waals surface area contributed by atoms with E-state index in [0.29, 0.717) is 11.4 Å². The molecule has 26 heavy (non-hydrogen) atoms. The highest BCUT2D eigenvalue weighted by atomic mass is 32.2. The molecule has 2 heterocycles. The van der Waals surface area contributed by atoms with Gasteiger partial charge in [0.15, 0.2) is 5.16 Å². The Morgan fingerprint density at radius 3 is 2.77 bits per heavy atom. The van der Waals surface area contributed by atoms with E-state index in [4.69, 9.17) is 10.2 Å². The third kappa shape index (κ3) is 4.31. The fraction of sp³-hybridized carbons (Fsp3) is 0.118. The van der Waals surface area contributed by atoms with Gasteiger partial charge in [-0.3, -0.25) is 14.2 Å². The Morgan fingerprint density at radius 1 is 1.31 bits per heavy atom. The van der Waals surface area contributed by atoms with Crippen LogP contribution in [0.5, 0.6) is 0 Å². The van der Waals surface area contributed by atoms with E-state index in [1.165, 1.54) is 41.2 Å². The highest BCUT2D eigenvalue weighted by Gasteiger charge is 2.13. The van der Waals surface area contributed by atoms with Crippen LogP contribution in [0.1, 0.15) is 5.76 Å². The van der Waals surface area contributed by atoms with Crippen molar-refractivity contribution in [3.8, 4) is 5.69 Å². The molecule has 0 spiro atoms. The quantitative estimate of drug-likeness (QED) is 0.505. The van der Waals surface area contributed by atoms with Crippen LogP contribution in [-0.2, 0) is 11.3 Å². The molecule has 3 N–H and O–H groups in total. The number of carbonyl (C=O) groups is 1.